The molecule has 4 heteroatoms. The van der Waals surface area contributed by atoms with Crippen LogP contribution >= 0.6 is 0 Å². The van der Waals surface area contributed by atoms with Gasteiger partial charge in [0.25, 0.3) is 0 Å². The minimum absolute atomic E-state index is 0.426. The zero-order valence-electron chi connectivity index (χ0n) is 13.2. The first kappa shape index (κ1) is 14.8. The van der Waals surface area contributed by atoms with Crippen LogP contribution in [0.1, 0.15) is 29.2 Å². The number of morpholine rings is 1. The Morgan fingerprint density at radius 1 is 1.19 bits per heavy atom. The molecule has 1 N–H and O–H groups in total. The quantitative estimate of drug-likeness (QED) is 0.920. The summed E-state index contributed by atoms with van der Waals surface area (Å²) in [5.41, 5.74) is 3.97. The number of ether oxygens (including phenoxy) is 2. The second kappa shape index (κ2) is 6.77. The number of rotatable bonds is 4. The molecule has 0 aliphatic carbocycles. The van der Waals surface area contributed by atoms with Gasteiger partial charge in [-0.15, -0.1) is 0 Å². The smallest absolute Gasteiger partial charge is 0.124 e. The van der Waals surface area contributed by atoms with Gasteiger partial charge in [-0.05, 0) is 31.0 Å². The molecule has 1 saturated heterocycles. The molecule has 1 aromatic carbocycles. The van der Waals surface area contributed by atoms with Gasteiger partial charge in [0.15, 0.2) is 0 Å². The fraction of sp³-hybridized carbons (Fsp3) is 0.647. The fourth-order valence-electron chi connectivity index (χ4n) is 3.36. The molecule has 21 heavy (non-hydrogen) atoms. The van der Waals surface area contributed by atoms with E-state index in [4.69, 9.17) is 9.47 Å². The van der Waals surface area contributed by atoms with Crippen molar-refractivity contribution < 1.29 is 9.47 Å². The molecule has 0 amide bonds. The van der Waals surface area contributed by atoms with Crippen LogP contribution in [0, 0.1) is 13.8 Å². The lowest BCUT2D eigenvalue weighted by atomic mass is 9.94. The Kier molecular flexibility index (Phi) is 4.78. The molecule has 1 atom stereocenters. The zero-order valence-corrected chi connectivity index (χ0v) is 13.2. The molecule has 1 unspecified atom stereocenters. The number of hydrogen-bond acceptors (Lipinski definition) is 4. The van der Waals surface area contributed by atoms with E-state index in [1.165, 1.54) is 16.7 Å². The van der Waals surface area contributed by atoms with Gasteiger partial charge in [-0.2, -0.15) is 0 Å². The van der Waals surface area contributed by atoms with Crippen molar-refractivity contribution in [3.63, 3.8) is 0 Å². The van der Waals surface area contributed by atoms with Crippen LogP contribution in [-0.2, 0) is 4.74 Å². The first-order valence-corrected chi connectivity index (χ1v) is 8.01. The van der Waals surface area contributed by atoms with Gasteiger partial charge in [-0.3, -0.25) is 4.90 Å². The van der Waals surface area contributed by atoms with Gasteiger partial charge >= 0.3 is 0 Å². The molecule has 0 radical (unpaired) electrons. The summed E-state index contributed by atoms with van der Waals surface area (Å²) in [5, 5.41) is 3.72. The van der Waals surface area contributed by atoms with Crippen molar-refractivity contribution in [1.29, 1.82) is 0 Å². The van der Waals surface area contributed by atoms with E-state index in [-0.39, 0.29) is 0 Å². The molecule has 3 rings (SSSR count). The minimum Gasteiger partial charge on any atom is -0.493 e. The highest BCUT2D eigenvalue weighted by molar-refractivity contribution is 5.46. The molecule has 1 fully saturated rings. The van der Waals surface area contributed by atoms with Crippen LogP contribution in [0.5, 0.6) is 5.75 Å². The normalized spacial score (nSPS) is 22.7. The van der Waals surface area contributed by atoms with Gasteiger partial charge in [0.2, 0.25) is 0 Å². The highest BCUT2D eigenvalue weighted by Crippen LogP contribution is 2.35. The predicted octanol–water partition coefficient (Wildman–Crippen LogP) is 2.05. The van der Waals surface area contributed by atoms with Gasteiger partial charge < -0.3 is 14.8 Å². The predicted molar refractivity (Wildman–Crippen MR) is 84.0 cm³/mol. The van der Waals surface area contributed by atoms with E-state index in [2.05, 4.69) is 36.2 Å². The topological polar surface area (TPSA) is 33.7 Å². The zero-order chi connectivity index (χ0) is 14.7. The van der Waals surface area contributed by atoms with Crippen LogP contribution in [0.2, 0.25) is 0 Å². The Hall–Kier alpha value is -1.10. The maximum absolute atomic E-state index is 5.84. The maximum Gasteiger partial charge on any atom is 0.124 e. The van der Waals surface area contributed by atoms with Gasteiger partial charge in [0, 0.05) is 44.2 Å². The summed E-state index contributed by atoms with van der Waals surface area (Å²) in [7, 11) is 0. The highest BCUT2D eigenvalue weighted by atomic mass is 16.5. The molecule has 1 aromatic rings. The van der Waals surface area contributed by atoms with Crippen LogP contribution in [0.25, 0.3) is 0 Å². The van der Waals surface area contributed by atoms with Gasteiger partial charge in [0.1, 0.15) is 5.75 Å². The lowest BCUT2D eigenvalue weighted by Crippen LogP contribution is -2.41. The summed E-state index contributed by atoms with van der Waals surface area (Å²) in [6.07, 6.45) is 1.06. The fourth-order valence-corrected chi connectivity index (χ4v) is 3.36. The maximum atomic E-state index is 5.84. The number of nitrogens with one attached hydrogen (secondary N) is 1. The van der Waals surface area contributed by atoms with E-state index in [9.17, 15) is 0 Å². The average molecular weight is 290 g/mol. The van der Waals surface area contributed by atoms with Crippen molar-refractivity contribution in [1.82, 2.24) is 10.2 Å². The molecule has 116 valence electrons. The number of aryl methyl sites for hydroxylation is 2. The third-order valence-electron chi connectivity index (χ3n) is 4.43. The first-order chi connectivity index (χ1) is 10.2. The average Bonchev–Trinajstić information content (AvgIpc) is 2.48. The molecule has 0 spiro atoms. The summed E-state index contributed by atoms with van der Waals surface area (Å²) >= 11 is 0. The van der Waals surface area contributed by atoms with Gasteiger partial charge in [0.05, 0.1) is 19.8 Å². The van der Waals surface area contributed by atoms with Crippen LogP contribution in [0.4, 0.5) is 0 Å². The van der Waals surface area contributed by atoms with E-state index in [1.54, 1.807) is 0 Å². The number of hydrogen-bond donors (Lipinski definition) is 1. The molecule has 0 aromatic heterocycles. The molecule has 2 aliphatic heterocycles. The lowest BCUT2D eigenvalue weighted by Gasteiger charge is -2.31. The van der Waals surface area contributed by atoms with E-state index < -0.39 is 0 Å². The van der Waals surface area contributed by atoms with Crippen LogP contribution in [0.15, 0.2) is 12.1 Å². The third-order valence-corrected chi connectivity index (χ3v) is 4.43. The Balaban J connectivity index is 1.60. The van der Waals surface area contributed by atoms with Crippen molar-refractivity contribution in [3.05, 3.63) is 28.8 Å². The number of nitrogens with zero attached hydrogens (tertiary/aromatic N) is 1. The first-order valence-electron chi connectivity index (χ1n) is 8.01. The summed E-state index contributed by atoms with van der Waals surface area (Å²) < 4.78 is 11.2. The summed E-state index contributed by atoms with van der Waals surface area (Å²) in [4.78, 5) is 2.47. The largest absolute Gasteiger partial charge is 0.493 e. The van der Waals surface area contributed by atoms with E-state index in [1.807, 2.05) is 0 Å². The van der Waals surface area contributed by atoms with Gasteiger partial charge in [-0.1, -0.05) is 6.07 Å². The summed E-state index contributed by atoms with van der Waals surface area (Å²) in [5.74, 6) is 1.07. The molecular weight excluding hydrogens is 264 g/mol. The van der Waals surface area contributed by atoms with Crippen molar-refractivity contribution in [2.75, 3.05) is 46.0 Å². The van der Waals surface area contributed by atoms with Crippen molar-refractivity contribution in [2.24, 2.45) is 0 Å². The van der Waals surface area contributed by atoms with Crippen molar-refractivity contribution in [3.8, 4) is 5.75 Å². The molecule has 2 heterocycles. The van der Waals surface area contributed by atoms with E-state index in [0.717, 1.165) is 58.2 Å². The second-order valence-corrected chi connectivity index (χ2v) is 6.09. The van der Waals surface area contributed by atoms with Gasteiger partial charge in [-0.25, -0.2) is 0 Å². The molecule has 0 bridgehead atoms. The van der Waals surface area contributed by atoms with Crippen molar-refractivity contribution in [2.45, 2.75) is 26.3 Å². The highest BCUT2D eigenvalue weighted by Gasteiger charge is 2.23. The Bertz CT molecular complexity index is 484. The standard InChI is InChI=1S/C17H26N2O2/c1-13-11-14(2)17-15(3-8-21-16(17)12-13)18-4-5-19-6-9-20-10-7-19/h11-12,15,18H,3-10H2,1-2H3. The lowest BCUT2D eigenvalue weighted by molar-refractivity contribution is 0.0379. The van der Waals surface area contributed by atoms with Crippen LogP contribution in [-0.4, -0.2) is 50.9 Å². The SMILES string of the molecule is Cc1cc(C)c2c(c1)OCCC2NCCN1CCOCC1. The van der Waals surface area contributed by atoms with E-state index in [0.29, 0.717) is 6.04 Å². The van der Waals surface area contributed by atoms with Crippen molar-refractivity contribution >= 4 is 0 Å². The van der Waals surface area contributed by atoms with E-state index >= 15 is 0 Å². The second-order valence-electron chi connectivity index (χ2n) is 6.09. The Morgan fingerprint density at radius 3 is 2.81 bits per heavy atom. The Morgan fingerprint density at radius 2 is 2.00 bits per heavy atom. The third kappa shape index (κ3) is 3.57. The molecular formula is C17H26N2O2. The number of benzene rings is 1. The molecule has 2 aliphatic rings. The van der Waals surface area contributed by atoms with Crippen LogP contribution < -0.4 is 10.1 Å². The molecule has 4 nitrogen and oxygen atoms in total. The Labute approximate surface area is 127 Å². The minimum atomic E-state index is 0.426. The van der Waals surface area contributed by atoms with Crippen LogP contribution in [0.3, 0.4) is 0 Å². The summed E-state index contributed by atoms with van der Waals surface area (Å²) in [6, 6.07) is 4.85. The number of fused-ring (bicyclic) bond motifs is 1. The summed E-state index contributed by atoms with van der Waals surface area (Å²) in [6.45, 7) is 11.1. The monoisotopic (exact) mass is 290 g/mol. The molecule has 0 saturated carbocycles.